The van der Waals surface area contributed by atoms with Crippen LogP contribution in [0.25, 0.3) is 0 Å². The standard InChI is InChI=1S/C26H38ClFN4O2Si/c1-17(2)30-25-29-14-19-10-11-32(15-23(19)31-25)24(33)13-20(16-34-35(6,7)26(3,4)5)18-8-9-22(28)21(27)12-18/h8-9,12,14,17,20H,10-11,13,15-16H2,1-7H3,(H,29,30,31). The Balaban J connectivity index is 1.78. The molecule has 0 fully saturated rings. The highest BCUT2D eigenvalue weighted by Gasteiger charge is 2.38. The molecule has 1 aromatic heterocycles. The van der Waals surface area contributed by atoms with E-state index in [4.69, 9.17) is 16.0 Å². The maximum atomic E-state index is 13.9. The molecule has 0 radical (unpaired) electrons. The van der Waals surface area contributed by atoms with E-state index < -0.39 is 14.1 Å². The average Bonchev–Trinajstić information content (AvgIpc) is 2.76. The molecule has 2 heterocycles. The number of hydrogen-bond donors (Lipinski definition) is 1. The molecule has 1 N–H and O–H groups in total. The van der Waals surface area contributed by atoms with Crippen molar-refractivity contribution in [1.82, 2.24) is 14.9 Å². The Hall–Kier alpha value is -2.03. The fraction of sp³-hybridized carbons (Fsp3) is 0.577. The number of halogens is 2. The lowest BCUT2D eigenvalue weighted by atomic mass is 9.95. The summed E-state index contributed by atoms with van der Waals surface area (Å²) >= 11 is 6.09. The fourth-order valence-electron chi connectivity index (χ4n) is 3.75. The van der Waals surface area contributed by atoms with Gasteiger partial charge < -0.3 is 14.6 Å². The summed E-state index contributed by atoms with van der Waals surface area (Å²) in [5.41, 5.74) is 2.76. The number of nitrogens with zero attached hydrogens (tertiary/aromatic N) is 3. The van der Waals surface area contributed by atoms with Crippen LogP contribution in [0.2, 0.25) is 23.2 Å². The molecular formula is C26H38ClFN4O2Si. The zero-order valence-electron chi connectivity index (χ0n) is 21.9. The van der Waals surface area contributed by atoms with Gasteiger partial charge in [-0.15, -0.1) is 0 Å². The number of amides is 1. The number of hydrogen-bond acceptors (Lipinski definition) is 5. The lowest BCUT2D eigenvalue weighted by Crippen LogP contribution is -2.42. The minimum absolute atomic E-state index is 0.0249. The van der Waals surface area contributed by atoms with Crippen molar-refractivity contribution in [3.05, 3.63) is 52.1 Å². The number of anilines is 1. The van der Waals surface area contributed by atoms with Crippen LogP contribution in [-0.4, -0.2) is 48.3 Å². The summed E-state index contributed by atoms with van der Waals surface area (Å²) in [4.78, 5) is 24.3. The van der Waals surface area contributed by atoms with Crippen LogP contribution < -0.4 is 5.32 Å². The van der Waals surface area contributed by atoms with Crippen molar-refractivity contribution in [3.8, 4) is 0 Å². The van der Waals surface area contributed by atoms with Gasteiger partial charge in [0.15, 0.2) is 8.32 Å². The molecule has 1 aliphatic heterocycles. The van der Waals surface area contributed by atoms with Crippen molar-refractivity contribution in [2.45, 2.75) is 84.1 Å². The van der Waals surface area contributed by atoms with Crippen molar-refractivity contribution < 1.29 is 13.6 Å². The van der Waals surface area contributed by atoms with Gasteiger partial charge in [-0.1, -0.05) is 38.4 Å². The van der Waals surface area contributed by atoms with Crippen LogP contribution in [0.15, 0.2) is 24.4 Å². The average molecular weight is 521 g/mol. The Morgan fingerprint density at radius 2 is 2.03 bits per heavy atom. The highest BCUT2D eigenvalue weighted by atomic mass is 35.5. The number of fused-ring (bicyclic) bond motifs is 1. The van der Waals surface area contributed by atoms with E-state index in [1.807, 2.05) is 24.9 Å². The van der Waals surface area contributed by atoms with Crippen LogP contribution in [-0.2, 0) is 22.2 Å². The first-order valence-electron chi connectivity index (χ1n) is 12.2. The molecule has 1 unspecified atom stereocenters. The molecule has 0 saturated carbocycles. The second-order valence-electron chi connectivity index (χ2n) is 11.2. The van der Waals surface area contributed by atoms with Gasteiger partial charge in [-0.25, -0.2) is 14.4 Å². The van der Waals surface area contributed by atoms with Crippen LogP contribution in [0, 0.1) is 5.82 Å². The molecule has 35 heavy (non-hydrogen) atoms. The molecule has 0 bridgehead atoms. The molecule has 0 aliphatic carbocycles. The SMILES string of the molecule is CC(C)Nc1ncc2c(n1)CN(C(=O)CC(CO[Si](C)(C)C(C)(C)C)c1ccc(F)c(Cl)c1)CC2. The lowest BCUT2D eigenvalue weighted by molar-refractivity contribution is -0.132. The first kappa shape index (κ1) is 27.6. The molecule has 0 saturated heterocycles. The van der Waals surface area contributed by atoms with E-state index >= 15 is 0 Å². The summed E-state index contributed by atoms with van der Waals surface area (Å²) in [5.74, 6) is -0.0878. The number of benzene rings is 1. The number of aromatic nitrogens is 2. The maximum Gasteiger partial charge on any atom is 0.223 e. The first-order chi connectivity index (χ1) is 16.3. The molecule has 3 rings (SSSR count). The Kier molecular flexibility index (Phi) is 8.60. The molecule has 6 nitrogen and oxygen atoms in total. The van der Waals surface area contributed by atoms with Crippen molar-refractivity contribution in [2.24, 2.45) is 0 Å². The van der Waals surface area contributed by atoms with Gasteiger partial charge in [0.25, 0.3) is 0 Å². The van der Waals surface area contributed by atoms with E-state index in [2.05, 4.69) is 49.1 Å². The first-order valence-corrected chi connectivity index (χ1v) is 15.5. The van der Waals surface area contributed by atoms with Gasteiger partial charge in [0.05, 0.1) is 17.3 Å². The minimum atomic E-state index is -2.04. The molecule has 1 aliphatic rings. The molecule has 192 valence electrons. The highest BCUT2D eigenvalue weighted by molar-refractivity contribution is 6.74. The number of carbonyl (C=O) groups excluding carboxylic acids is 1. The largest absolute Gasteiger partial charge is 0.416 e. The number of carbonyl (C=O) groups is 1. The minimum Gasteiger partial charge on any atom is -0.416 e. The van der Waals surface area contributed by atoms with Gasteiger partial charge in [-0.3, -0.25) is 4.79 Å². The predicted octanol–water partition coefficient (Wildman–Crippen LogP) is 6.17. The molecule has 1 atom stereocenters. The van der Waals surface area contributed by atoms with Crippen molar-refractivity contribution >= 4 is 31.8 Å². The van der Waals surface area contributed by atoms with Crippen LogP contribution >= 0.6 is 11.6 Å². The van der Waals surface area contributed by atoms with Crippen LogP contribution in [0.3, 0.4) is 0 Å². The summed E-state index contributed by atoms with van der Waals surface area (Å²) in [7, 11) is -2.04. The smallest absolute Gasteiger partial charge is 0.223 e. The van der Waals surface area contributed by atoms with Gasteiger partial charge in [-0.05, 0) is 61.7 Å². The zero-order chi connectivity index (χ0) is 26.0. The Morgan fingerprint density at radius 1 is 1.31 bits per heavy atom. The Morgan fingerprint density at radius 3 is 2.66 bits per heavy atom. The predicted molar refractivity (Wildman–Crippen MR) is 142 cm³/mol. The summed E-state index contributed by atoms with van der Waals surface area (Å²) in [6, 6.07) is 4.90. The zero-order valence-corrected chi connectivity index (χ0v) is 23.7. The van der Waals surface area contributed by atoms with E-state index in [-0.39, 0.29) is 34.3 Å². The molecule has 9 heteroatoms. The van der Waals surface area contributed by atoms with Gasteiger partial charge in [-0.2, -0.15) is 0 Å². The molecule has 0 spiro atoms. The van der Waals surface area contributed by atoms with Crippen LogP contribution in [0.5, 0.6) is 0 Å². The van der Waals surface area contributed by atoms with E-state index in [1.165, 1.54) is 6.07 Å². The fourth-order valence-corrected chi connectivity index (χ4v) is 4.99. The Bertz CT molecular complexity index is 1060. The van der Waals surface area contributed by atoms with E-state index in [1.54, 1.807) is 12.1 Å². The third-order valence-corrected chi connectivity index (χ3v) is 11.8. The summed E-state index contributed by atoms with van der Waals surface area (Å²) < 4.78 is 20.3. The maximum absolute atomic E-state index is 13.9. The van der Waals surface area contributed by atoms with Gasteiger partial charge in [0, 0.05) is 37.7 Å². The topological polar surface area (TPSA) is 67.4 Å². The third kappa shape index (κ3) is 7.02. The number of nitrogens with one attached hydrogen (secondary N) is 1. The quantitative estimate of drug-likeness (QED) is 0.421. The van der Waals surface area contributed by atoms with E-state index in [0.717, 1.165) is 23.2 Å². The molecule has 1 amide bonds. The lowest BCUT2D eigenvalue weighted by Gasteiger charge is -2.37. The molecular weight excluding hydrogens is 483 g/mol. The van der Waals surface area contributed by atoms with Gasteiger partial charge in [0.1, 0.15) is 5.82 Å². The monoisotopic (exact) mass is 520 g/mol. The summed E-state index contributed by atoms with van der Waals surface area (Å²) in [5, 5.41) is 3.32. The van der Waals surface area contributed by atoms with Gasteiger partial charge in [0.2, 0.25) is 11.9 Å². The van der Waals surface area contributed by atoms with E-state index in [0.29, 0.717) is 25.6 Å². The summed E-state index contributed by atoms with van der Waals surface area (Å²) in [6.45, 7) is 16.4. The van der Waals surface area contributed by atoms with Crippen molar-refractivity contribution in [2.75, 3.05) is 18.5 Å². The highest BCUT2D eigenvalue weighted by Crippen LogP contribution is 2.38. The second kappa shape index (κ2) is 10.9. The number of rotatable bonds is 8. The van der Waals surface area contributed by atoms with E-state index in [9.17, 15) is 9.18 Å². The molecule has 2 aromatic rings. The normalized spacial score (nSPS) is 15.2. The van der Waals surface area contributed by atoms with Gasteiger partial charge >= 0.3 is 0 Å². The third-order valence-electron chi connectivity index (χ3n) is 7.00. The Labute approximate surface area is 214 Å². The second-order valence-corrected chi connectivity index (χ2v) is 16.4. The van der Waals surface area contributed by atoms with Crippen molar-refractivity contribution in [3.63, 3.8) is 0 Å². The summed E-state index contributed by atoms with van der Waals surface area (Å²) in [6.07, 6.45) is 2.83. The van der Waals surface area contributed by atoms with Crippen LogP contribution in [0.1, 0.15) is 63.8 Å². The molecule has 1 aromatic carbocycles. The van der Waals surface area contributed by atoms with Crippen LogP contribution in [0.4, 0.5) is 10.3 Å². The van der Waals surface area contributed by atoms with Crippen molar-refractivity contribution in [1.29, 1.82) is 0 Å².